The van der Waals surface area contributed by atoms with Gasteiger partial charge in [-0.05, 0) is 80.9 Å². The van der Waals surface area contributed by atoms with Gasteiger partial charge in [0.1, 0.15) is 0 Å². The molecule has 0 radical (unpaired) electrons. The van der Waals surface area contributed by atoms with Gasteiger partial charge in [-0.3, -0.25) is 0 Å². The molecule has 20 heavy (non-hydrogen) atoms. The van der Waals surface area contributed by atoms with E-state index in [9.17, 15) is 0 Å². The van der Waals surface area contributed by atoms with E-state index >= 15 is 0 Å². The van der Waals surface area contributed by atoms with Crippen LogP contribution in [0.1, 0.15) is 67.9 Å². The molecule has 1 aromatic carbocycles. The lowest BCUT2D eigenvalue weighted by atomic mass is 10.2. The van der Waals surface area contributed by atoms with Crippen molar-refractivity contribution in [2.75, 3.05) is 0 Å². The van der Waals surface area contributed by atoms with E-state index < -0.39 is 7.26 Å². The Morgan fingerprint density at radius 3 is 1.30 bits per heavy atom. The maximum atomic E-state index is 2.45. The molecule has 1 heteroatoms. The highest BCUT2D eigenvalue weighted by atomic mass is 31.2. The summed E-state index contributed by atoms with van der Waals surface area (Å²) in [6.45, 7) is 24.3. The molecule has 0 amide bonds. The molecule has 0 N–H and O–H groups in total. The van der Waals surface area contributed by atoms with Crippen LogP contribution in [0.5, 0.6) is 0 Å². The standard InChI is InChI=1S/C19H34P/c1-15-13-11-12-14-16(15)20(17(2,3)4,18(5,6)7)19(8,9)10/h11-14H,1-10H3/q+1. The maximum absolute atomic E-state index is 2.45. The van der Waals surface area contributed by atoms with Crippen molar-refractivity contribution in [2.24, 2.45) is 0 Å². The van der Waals surface area contributed by atoms with Gasteiger partial charge in [0.2, 0.25) is 0 Å². The van der Waals surface area contributed by atoms with Crippen molar-refractivity contribution in [1.82, 2.24) is 0 Å². The van der Waals surface area contributed by atoms with Crippen LogP contribution in [-0.4, -0.2) is 15.5 Å². The smallest absolute Gasteiger partial charge is 0.0617 e. The summed E-state index contributed by atoms with van der Waals surface area (Å²) in [4.78, 5) is 0. The van der Waals surface area contributed by atoms with Crippen LogP contribution >= 0.6 is 7.26 Å². The van der Waals surface area contributed by atoms with Crippen molar-refractivity contribution >= 4 is 12.6 Å². The summed E-state index contributed by atoms with van der Waals surface area (Å²) in [5, 5.41) is 2.48. The average molecular weight is 293 g/mol. The van der Waals surface area contributed by atoms with E-state index in [-0.39, 0.29) is 15.5 Å². The third-order valence-corrected chi connectivity index (χ3v) is 11.8. The molecule has 0 fully saturated rings. The van der Waals surface area contributed by atoms with Crippen molar-refractivity contribution < 1.29 is 0 Å². The third-order valence-electron chi connectivity index (χ3n) is 4.50. The third kappa shape index (κ3) is 2.57. The minimum Gasteiger partial charge on any atom is -0.0617 e. The Labute approximate surface area is 127 Å². The molecule has 114 valence electrons. The predicted molar refractivity (Wildman–Crippen MR) is 97.0 cm³/mol. The SMILES string of the molecule is Cc1ccccc1[P+](C(C)(C)C)(C(C)(C)C)C(C)(C)C. The summed E-state index contributed by atoms with van der Waals surface area (Å²) in [5.41, 5.74) is 1.46. The summed E-state index contributed by atoms with van der Waals surface area (Å²) < 4.78 is 0. The predicted octanol–water partition coefficient (Wildman–Crippen LogP) is 6.03. The second-order valence-corrected chi connectivity index (χ2v) is 14.8. The second kappa shape index (κ2) is 5.13. The van der Waals surface area contributed by atoms with E-state index in [1.807, 2.05) is 0 Å². The quantitative estimate of drug-likeness (QED) is 0.554. The Morgan fingerprint density at radius 2 is 1.00 bits per heavy atom. The van der Waals surface area contributed by atoms with Gasteiger partial charge in [0.25, 0.3) is 0 Å². The average Bonchev–Trinajstić information content (AvgIpc) is 2.14. The highest BCUT2D eigenvalue weighted by Crippen LogP contribution is 2.82. The minimum absolute atomic E-state index is 0.287. The van der Waals surface area contributed by atoms with Gasteiger partial charge in [-0.2, -0.15) is 0 Å². The molecule has 0 aliphatic rings. The molecule has 0 heterocycles. The van der Waals surface area contributed by atoms with Crippen molar-refractivity contribution in [1.29, 1.82) is 0 Å². The van der Waals surface area contributed by atoms with Crippen LogP contribution in [0.15, 0.2) is 24.3 Å². The summed E-state index contributed by atoms with van der Waals surface area (Å²) in [6.07, 6.45) is 0. The van der Waals surface area contributed by atoms with Gasteiger partial charge in [-0.15, -0.1) is 0 Å². The fraction of sp³-hybridized carbons (Fsp3) is 0.684. The van der Waals surface area contributed by atoms with E-state index in [4.69, 9.17) is 0 Å². The second-order valence-electron chi connectivity index (χ2n) is 8.97. The molecule has 0 saturated carbocycles. The molecule has 0 atom stereocenters. The minimum atomic E-state index is -1.44. The van der Waals surface area contributed by atoms with E-state index in [2.05, 4.69) is 93.5 Å². The molecule has 0 aliphatic carbocycles. The van der Waals surface area contributed by atoms with E-state index in [0.29, 0.717) is 0 Å². The number of hydrogen-bond acceptors (Lipinski definition) is 0. The van der Waals surface area contributed by atoms with E-state index in [1.165, 1.54) is 5.56 Å². The number of rotatable bonds is 1. The van der Waals surface area contributed by atoms with Crippen LogP contribution in [0.4, 0.5) is 0 Å². The number of benzene rings is 1. The maximum Gasteiger partial charge on any atom is 0.0984 e. The molecule has 0 saturated heterocycles. The van der Waals surface area contributed by atoms with Gasteiger partial charge in [-0.1, -0.05) is 18.2 Å². The first-order chi connectivity index (χ1) is 8.77. The van der Waals surface area contributed by atoms with Crippen molar-refractivity contribution in [3.63, 3.8) is 0 Å². The van der Waals surface area contributed by atoms with Gasteiger partial charge in [0.05, 0.1) is 28.0 Å². The van der Waals surface area contributed by atoms with E-state index in [0.717, 1.165) is 0 Å². The van der Waals surface area contributed by atoms with Gasteiger partial charge in [-0.25, -0.2) is 0 Å². The fourth-order valence-corrected chi connectivity index (χ4v) is 14.2. The molecular weight excluding hydrogens is 259 g/mol. The first-order valence-electron chi connectivity index (χ1n) is 7.72. The van der Waals surface area contributed by atoms with Crippen LogP contribution in [-0.2, 0) is 0 Å². The van der Waals surface area contributed by atoms with Gasteiger partial charge in [0, 0.05) is 0 Å². The molecule has 0 spiro atoms. The molecule has 0 bridgehead atoms. The van der Waals surface area contributed by atoms with Crippen molar-refractivity contribution in [3.8, 4) is 0 Å². The van der Waals surface area contributed by atoms with Crippen LogP contribution in [0, 0.1) is 6.92 Å². The lowest BCUT2D eigenvalue weighted by Gasteiger charge is -2.54. The Bertz CT molecular complexity index is 428. The van der Waals surface area contributed by atoms with Crippen LogP contribution in [0.25, 0.3) is 0 Å². The Hall–Kier alpha value is -0.350. The molecule has 0 unspecified atom stereocenters. The van der Waals surface area contributed by atoms with Gasteiger partial charge < -0.3 is 0 Å². The zero-order valence-electron chi connectivity index (χ0n) is 15.3. The van der Waals surface area contributed by atoms with Crippen LogP contribution < -0.4 is 5.30 Å². The molecule has 0 nitrogen and oxygen atoms in total. The first kappa shape index (κ1) is 17.7. The lowest BCUT2D eigenvalue weighted by molar-refractivity contribution is 0.629. The summed E-state index contributed by atoms with van der Waals surface area (Å²) in [7, 11) is -1.44. The molecule has 0 aliphatic heterocycles. The van der Waals surface area contributed by atoms with E-state index in [1.54, 1.807) is 5.30 Å². The largest absolute Gasteiger partial charge is 0.0984 e. The zero-order chi connectivity index (χ0) is 16.0. The van der Waals surface area contributed by atoms with Crippen LogP contribution in [0.3, 0.4) is 0 Å². The fourth-order valence-electron chi connectivity index (χ4n) is 5.04. The summed E-state index contributed by atoms with van der Waals surface area (Å²) in [5.74, 6) is 0. The highest BCUT2D eigenvalue weighted by Gasteiger charge is 2.66. The normalized spacial score (nSPS) is 14.5. The Balaban J connectivity index is 3.88. The van der Waals surface area contributed by atoms with Crippen LogP contribution in [0.2, 0.25) is 0 Å². The van der Waals surface area contributed by atoms with Crippen molar-refractivity contribution in [2.45, 2.75) is 84.7 Å². The zero-order valence-corrected chi connectivity index (χ0v) is 16.2. The highest BCUT2D eigenvalue weighted by molar-refractivity contribution is 7.86. The van der Waals surface area contributed by atoms with Crippen molar-refractivity contribution in [3.05, 3.63) is 29.8 Å². The first-order valence-corrected chi connectivity index (χ1v) is 9.51. The van der Waals surface area contributed by atoms with Gasteiger partial charge in [0.15, 0.2) is 0 Å². The molecule has 1 aromatic rings. The Morgan fingerprint density at radius 1 is 0.650 bits per heavy atom. The number of hydrogen-bond donors (Lipinski definition) is 0. The lowest BCUT2D eigenvalue weighted by Crippen LogP contribution is -2.49. The topological polar surface area (TPSA) is 0 Å². The number of aryl methyl sites for hydroxylation is 1. The molecule has 0 aromatic heterocycles. The monoisotopic (exact) mass is 293 g/mol. The molecule has 1 rings (SSSR count). The van der Waals surface area contributed by atoms with Gasteiger partial charge >= 0.3 is 0 Å². The Kier molecular flexibility index (Phi) is 4.54. The summed E-state index contributed by atoms with van der Waals surface area (Å²) in [6, 6.07) is 9.07. The summed E-state index contributed by atoms with van der Waals surface area (Å²) >= 11 is 0. The molecular formula is C19H34P+.